The number of carbonyl (C=O) groups is 1. The average molecular weight is 348 g/mol. The molecule has 1 N–H and O–H groups in total. The number of esters is 1. The van der Waals surface area contributed by atoms with Crippen molar-refractivity contribution in [3.05, 3.63) is 0 Å². The molecule has 0 aromatic carbocycles. The zero-order valence-electron chi connectivity index (χ0n) is 10.2. The van der Waals surface area contributed by atoms with Crippen molar-refractivity contribution in [3.8, 4) is 0 Å². The summed E-state index contributed by atoms with van der Waals surface area (Å²) in [4.78, 5) is 11.3. The second kappa shape index (κ2) is 4.12. The minimum absolute atomic E-state index is 0.110. The van der Waals surface area contributed by atoms with Crippen LogP contribution in [0.5, 0.6) is 0 Å². The average Bonchev–Trinajstić information content (AvgIpc) is 2.91. The largest absolute Gasteiger partial charge is 0.465 e. The summed E-state index contributed by atoms with van der Waals surface area (Å²) in [5, 5.41) is -5.84. The number of fused-ring (bicyclic) bond motifs is 1. The molecule has 21 heavy (non-hydrogen) atoms. The quantitative estimate of drug-likeness (QED) is 0.412. The van der Waals surface area contributed by atoms with E-state index in [9.17, 15) is 30.4 Å². The standard InChI is InChI=1S/C9H10F2O8S2/c10-9(11,21(15,16)17)8(12)18-6-3-1-4-5(2-3)20(13,14)19-7(4)6/h3-7H,1-2H2,(H,15,16,17)/t3?,4?,5?,6?,7-/m1/s1. The fourth-order valence-electron chi connectivity index (χ4n) is 3.34. The Morgan fingerprint density at radius 3 is 2.52 bits per heavy atom. The van der Waals surface area contributed by atoms with Crippen LogP contribution in [0.2, 0.25) is 0 Å². The second-order valence-electron chi connectivity index (χ2n) is 5.35. The van der Waals surface area contributed by atoms with Crippen LogP contribution in [-0.4, -0.2) is 50.1 Å². The maximum absolute atomic E-state index is 13.1. The Kier molecular flexibility index (Phi) is 2.95. The number of halogens is 2. The molecule has 8 nitrogen and oxygen atoms in total. The molecule has 120 valence electrons. The van der Waals surface area contributed by atoms with Crippen LogP contribution in [0, 0.1) is 11.8 Å². The van der Waals surface area contributed by atoms with E-state index in [1.54, 1.807) is 0 Å². The van der Waals surface area contributed by atoms with Crippen LogP contribution in [0.25, 0.3) is 0 Å². The Bertz CT molecular complexity index is 699. The minimum Gasteiger partial charge on any atom is -0.454 e. The summed E-state index contributed by atoms with van der Waals surface area (Å²) in [7, 11) is -9.77. The number of hydrogen-bond donors (Lipinski definition) is 1. The monoisotopic (exact) mass is 348 g/mol. The molecule has 3 aliphatic rings. The van der Waals surface area contributed by atoms with E-state index in [4.69, 9.17) is 8.74 Å². The molecule has 0 amide bonds. The molecule has 0 spiro atoms. The first kappa shape index (κ1) is 15.1. The third-order valence-electron chi connectivity index (χ3n) is 4.22. The summed E-state index contributed by atoms with van der Waals surface area (Å²) in [5.74, 6) is -3.37. The van der Waals surface area contributed by atoms with E-state index in [2.05, 4.69) is 4.74 Å². The molecule has 5 atom stereocenters. The highest BCUT2D eigenvalue weighted by molar-refractivity contribution is 7.88. The van der Waals surface area contributed by atoms with Gasteiger partial charge in [0.05, 0.1) is 5.25 Å². The zero-order valence-corrected chi connectivity index (χ0v) is 11.8. The number of hydrogen-bond acceptors (Lipinski definition) is 7. The van der Waals surface area contributed by atoms with Crippen molar-refractivity contribution in [1.29, 1.82) is 0 Å². The SMILES string of the molecule is O=C(OC1C2CC3C(C2)S(=O)(=O)O[C@H]31)C(F)(F)S(=O)(=O)O. The fourth-order valence-corrected chi connectivity index (χ4v) is 5.48. The van der Waals surface area contributed by atoms with Gasteiger partial charge in [-0.1, -0.05) is 0 Å². The highest BCUT2D eigenvalue weighted by Crippen LogP contribution is 2.55. The predicted octanol–water partition coefficient (Wildman–Crippen LogP) is -0.484. The lowest BCUT2D eigenvalue weighted by Crippen LogP contribution is -2.45. The molecule has 2 bridgehead atoms. The van der Waals surface area contributed by atoms with Crippen molar-refractivity contribution >= 4 is 26.2 Å². The van der Waals surface area contributed by atoms with Crippen LogP contribution in [0.4, 0.5) is 8.78 Å². The maximum atomic E-state index is 13.1. The molecule has 12 heteroatoms. The summed E-state index contributed by atoms with van der Waals surface area (Å²) < 4.78 is 88.0. The van der Waals surface area contributed by atoms with E-state index < -0.39 is 60.8 Å². The second-order valence-corrected chi connectivity index (χ2v) is 8.60. The first-order valence-corrected chi connectivity index (χ1v) is 8.84. The van der Waals surface area contributed by atoms with Crippen LogP contribution in [0.1, 0.15) is 12.8 Å². The summed E-state index contributed by atoms with van der Waals surface area (Å²) in [6, 6.07) is 0. The highest BCUT2D eigenvalue weighted by Gasteiger charge is 2.66. The third kappa shape index (κ3) is 1.99. The van der Waals surface area contributed by atoms with Crippen molar-refractivity contribution < 1.29 is 43.9 Å². The molecule has 3 rings (SSSR count). The van der Waals surface area contributed by atoms with Gasteiger partial charge in [0, 0.05) is 11.8 Å². The van der Waals surface area contributed by atoms with Crippen LogP contribution < -0.4 is 0 Å². The minimum atomic E-state index is -5.96. The molecule has 0 radical (unpaired) electrons. The van der Waals surface area contributed by atoms with Crippen LogP contribution in [0.3, 0.4) is 0 Å². The van der Waals surface area contributed by atoms with E-state index in [0.29, 0.717) is 6.42 Å². The lowest BCUT2D eigenvalue weighted by molar-refractivity contribution is -0.173. The van der Waals surface area contributed by atoms with Crippen molar-refractivity contribution in [2.45, 2.75) is 35.6 Å². The zero-order chi connectivity index (χ0) is 15.8. The first-order chi connectivity index (χ1) is 9.45. The molecule has 1 heterocycles. The molecule has 3 fully saturated rings. The summed E-state index contributed by atoms with van der Waals surface area (Å²) in [6.07, 6.45) is -1.88. The molecule has 4 unspecified atom stereocenters. The topological polar surface area (TPSA) is 124 Å². The Morgan fingerprint density at radius 2 is 1.95 bits per heavy atom. The number of ether oxygens (including phenoxy) is 1. The van der Waals surface area contributed by atoms with E-state index in [1.165, 1.54) is 0 Å². The number of rotatable bonds is 3. The molecule has 1 aliphatic heterocycles. The lowest BCUT2D eigenvalue weighted by atomic mass is 9.94. The lowest BCUT2D eigenvalue weighted by Gasteiger charge is -2.25. The van der Waals surface area contributed by atoms with E-state index >= 15 is 0 Å². The Labute approximate surface area is 118 Å². The van der Waals surface area contributed by atoms with Gasteiger partial charge in [-0.3, -0.25) is 8.74 Å². The van der Waals surface area contributed by atoms with Gasteiger partial charge < -0.3 is 4.74 Å². The van der Waals surface area contributed by atoms with E-state index in [1.807, 2.05) is 0 Å². The molecule has 1 saturated heterocycles. The highest BCUT2D eigenvalue weighted by atomic mass is 32.2. The van der Waals surface area contributed by atoms with Gasteiger partial charge in [0.15, 0.2) is 0 Å². The molecule has 2 aliphatic carbocycles. The summed E-state index contributed by atoms with van der Waals surface area (Å²) in [5.41, 5.74) is 0. The third-order valence-corrected chi connectivity index (χ3v) is 6.81. The Morgan fingerprint density at radius 1 is 1.33 bits per heavy atom. The summed E-state index contributed by atoms with van der Waals surface area (Å²) in [6.45, 7) is 0. The number of alkyl halides is 2. The van der Waals surface area contributed by atoms with Crippen LogP contribution in [-0.2, 0) is 34.0 Å². The van der Waals surface area contributed by atoms with Gasteiger partial charge in [-0.25, -0.2) is 4.79 Å². The van der Waals surface area contributed by atoms with Crippen molar-refractivity contribution in [3.63, 3.8) is 0 Å². The molecule has 0 aromatic heterocycles. The van der Waals surface area contributed by atoms with Gasteiger partial charge in [-0.2, -0.15) is 25.6 Å². The Balaban J connectivity index is 1.81. The number of carbonyl (C=O) groups excluding carboxylic acids is 1. The first-order valence-electron chi connectivity index (χ1n) is 5.93. The normalized spacial score (nSPS) is 40.4. The molecular formula is C9H10F2O8S2. The summed E-state index contributed by atoms with van der Waals surface area (Å²) >= 11 is 0. The smallest absolute Gasteiger partial charge is 0.454 e. The van der Waals surface area contributed by atoms with Crippen LogP contribution >= 0.6 is 0 Å². The van der Waals surface area contributed by atoms with Gasteiger partial charge >= 0.3 is 21.3 Å². The van der Waals surface area contributed by atoms with Gasteiger partial charge in [0.1, 0.15) is 12.2 Å². The van der Waals surface area contributed by atoms with Gasteiger partial charge in [-0.05, 0) is 12.8 Å². The van der Waals surface area contributed by atoms with Gasteiger partial charge in [-0.15, -0.1) is 0 Å². The van der Waals surface area contributed by atoms with Crippen molar-refractivity contribution in [2.75, 3.05) is 0 Å². The molecule has 0 aromatic rings. The molecule has 2 saturated carbocycles. The maximum Gasteiger partial charge on any atom is 0.465 e. The fraction of sp³-hybridized carbons (Fsp3) is 0.889. The van der Waals surface area contributed by atoms with Gasteiger partial charge in [0.2, 0.25) is 0 Å². The van der Waals surface area contributed by atoms with Crippen molar-refractivity contribution in [1.82, 2.24) is 0 Å². The van der Waals surface area contributed by atoms with Crippen molar-refractivity contribution in [2.24, 2.45) is 11.8 Å². The predicted molar refractivity (Wildman–Crippen MR) is 60.2 cm³/mol. The molecular weight excluding hydrogens is 338 g/mol. The van der Waals surface area contributed by atoms with E-state index in [0.717, 1.165) is 0 Å². The van der Waals surface area contributed by atoms with Crippen LogP contribution in [0.15, 0.2) is 0 Å². The van der Waals surface area contributed by atoms with Gasteiger partial charge in [0.25, 0.3) is 10.1 Å². The van der Waals surface area contributed by atoms with E-state index in [-0.39, 0.29) is 6.42 Å². The Hall–Kier alpha value is -0.850.